The van der Waals surface area contributed by atoms with Crippen molar-refractivity contribution in [2.24, 2.45) is 0 Å². The molecular formula is C71H61N3O11. The maximum Gasteiger partial charge on any atom is 0.264 e. The van der Waals surface area contributed by atoms with Gasteiger partial charge in [0.2, 0.25) is 0 Å². The fourth-order valence-corrected chi connectivity index (χ4v) is 12.0. The van der Waals surface area contributed by atoms with E-state index >= 15 is 9.59 Å². The average molecular weight is 1130 g/mol. The molecule has 14 nitrogen and oxygen atoms in total. The van der Waals surface area contributed by atoms with E-state index in [-0.39, 0.29) is 50.9 Å². The third kappa shape index (κ3) is 10.9. The molecule has 5 heterocycles. The van der Waals surface area contributed by atoms with Crippen LogP contribution in [0.1, 0.15) is 60.3 Å². The first kappa shape index (κ1) is 53.9. The van der Waals surface area contributed by atoms with E-state index in [1.807, 2.05) is 212 Å². The summed E-state index contributed by atoms with van der Waals surface area (Å²) in [5.41, 5.74) is 8.70. The van der Waals surface area contributed by atoms with Gasteiger partial charge in [-0.1, -0.05) is 182 Å². The van der Waals surface area contributed by atoms with Crippen LogP contribution < -0.4 is 14.2 Å². The topological polar surface area (TPSA) is 141 Å². The molecule has 0 radical (unpaired) electrons. The molecule has 2 aromatic heterocycles. The van der Waals surface area contributed by atoms with Gasteiger partial charge in [0, 0.05) is 33.1 Å². The van der Waals surface area contributed by atoms with Crippen molar-refractivity contribution in [3.63, 3.8) is 0 Å². The fraction of sp³-hybridized carbons (Fsp3) is 0.211. The Morgan fingerprint density at radius 2 is 0.953 bits per heavy atom. The van der Waals surface area contributed by atoms with Crippen LogP contribution >= 0.6 is 0 Å². The Hall–Kier alpha value is -9.12. The van der Waals surface area contributed by atoms with Crippen molar-refractivity contribution in [2.75, 3.05) is 26.6 Å². The number of ether oxygens (including phenoxy) is 9. The number of hydrogen-bond donors (Lipinski definition) is 1. The van der Waals surface area contributed by atoms with Crippen molar-refractivity contribution >= 4 is 55.4 Å². The number of nitrogens with zero attached hydrogens (tertiary/aromatic N) is 2. The summed E-state index contributed by atoms with van der Waals surface area (Å²) in [5, 5.41) is 2.36. The standard InChI is InChI=1S/C71H61N3O11/c75-69-62-60-53-35-52(81-40-48-23-11-3-12-24-48)31-32-55(53)72-64(60)65-61(63(62)70(76)73(69)45-78-39-47-21-9-2-10-22-47)54-36-57-58(80-34-33-79-57)37-56(54)74(65)71-68(84-43-51-29-17-6-18-30-51)67(83-42-50-27-15-5-16-28-50)66(82-41-49-25-13-4-14-26-49)59(85-71)44-77-38-46-19-7-1-8-20-46/h1-32,35-37,59,66-68,71-72H,33-34,38-45H2. The van der Waals surface area contributed by atoms with Crippen LogP contribution in [0.4, 0.5) is 0 Å². The number of hydrogen-bond acceptors (Lipinski definition) is 11. The predicted octanol–water partition coefficient (Wildman–Crippen LogP) is 13.4. The van der Waals surface area contributed by atoms with Gasteiger partial charge in [-0.3, -0.25) is 9.59 Å². The van der Waals surface area contributed by atoms with Crippen LogP contribution in [-0.2, 0) is 68.1 Å². The number of benzene rings is 9. The SMILES string of the molecule is O=C1c2c(c3c4cc5c(cc4n(C4OC(COCc6ccccc6)C(OCc6ccccc6)C(OCc6ccccc6)C4OCc4ccccc4)c3c3[nH]c4ccc(OCc6ccccc6)cc4c23)OCCO5)C(=O)N1COCc1ccccc1. The zero-order valence-electron chi connectivity index (χ0n) is 46.6. The van der Waals surface area contributed by atoms with Gasteiger partial charge in [0.25, 0.3) is 11.8 Å². The first-order valence-corrected chi connectivity index (χ1v) is 28.8. The smallest absolute Gasteiger partial charge is 0.264 e. The number of carbonyl (C=O) groups is 2. The minimum absolute atomic E-state index is 0.0961. The number of carbonyl (C=O) groups excluding carboxylic acids is 2. The third-order valence-corrected chi connectivity index (χ3v) is 16.0. The second-order valence-electron chi connectivity index (χ2n) is 21.6. The van der Waals surface area contributed by atoms with Gasteiger partial charge in [-0.15, -0.1) is 0 Å². The Labute approximate surface area is 490 Å². The molecule has 426 valence electrons. The molecule has 11 aromatic rings. The van der Waals surface area contributed by atoms with E-state index < -0.39 is 42.5 Å². The van der Waals surface area contributed by atoms with E-state index in [9.17, 15) is 0 Å². The number of amides is 2. The maximum atomic E-state index is 15.7. The molecule has 9 aromatic carbocycles. The molecular weight excluding hydrogens is 1070 g/mol. The molecule has 0 saturated carbocycles. The summed E-state index contributed by atoms with van der Waals surface area (Å²) in [4.78, 5) is 36.2. The number of rotatable bonds is 21. The maximum absolute atomic E-state index is 15.7. The molecule has 2 amide bonds. The lowest BCUT2D eigenvalue weighted by molar-refractivity contribution is -0.288. The second-order valence-corrected chi connectivity index (χ2v) is 21.6. The zero-order chi connectivity index (χ0) is 57.1. The Morgan fingerprint density at radius 3 is 1.52 bits per heavy atom. The van der Waals surface area contributed by atoms with Crippen LogP contribution in [0.25, 0.3) is 43.6 Å². The van der Waals surface area contributed by atoms with E-state index in [2.05, 4.69) is 9.55 Å². The quantitative estimate of drug-likeness (QED) is 0.0687. The van der Waals surface area contributed by atoms with Crippen LogP contribution in [-0.4, -0.2) is 77.2 Å². The van der Waals surface area contributed by atoms with Crippen LogP contribution in [0.3, 0.4) is 0 Å². The highest BCUT2D eigenvalue weighted by atomic mass is 16.6. The molecule has 0 aliphatic carbocycles. The van der Waals surface area contributed by atoms with E-state index in [0.29, 0.717) is 87.3 Å². The molecule has 5 atom stereocenters. The summed E-state index contributed by atoms with van der Waals surface area (Å²) in [6.07, 6.45) is -4.32. The summed E-state index contributed by atoms with van der Waals surface area (Å²) >= 11 is 0. The number of aromatic nitrogens is 2. The van der Waals surface area contributed by atoms with Crippen molar-refractivity contribution in [3.8, 4) is 17.2 Å². The molecule has 1 saturated heterocycles. The second kappa shape index (κ2) is 24.2. The molecule has 0 spiro atoms. The molecule has 5 unspecified atom stereocenters. The lowest BCUT2D eigenvalue weighted by atomic mass is 9.95. The van der Waals surface area contributed by atoms with Crippen molar-refractivity contribution in [3.05, 3.63) is 257 Å². The molecule has 85 heavy (non-hydrogen) atoms. The summed E-state index contributed by atoms with van der Waals surface area (Å²) < 4.78 is 63.8. The van der Waals surface area contributed by atoms with Gasteiger partial charge in [0.1, 0.15) is 56.7 Å². The molecule has 3 aliphatic rings. The van der Waals surface area contributed by atoms with Gasteiger partial charge in [0.15, 0.2) is 17.7 Å². The first-order chi connectivity index (χ1) is 42.0. The summed E-state index contributed by atoms with van der Waals surface area (Å²) in [6, 6.07) is 69.4. The molecule has 14 rings (SSSR count). The number of imide groups is 1. The van der Waals surface area contributed by atoms with Crippen molar-refractivity contribution in [1.29, 1.82) is 0 Å². The number of nitrogens with one attached hydrogen (secondary N) is 1. The first-order valence-electron chi connectivity index (χ1n) is 28.8. The summed E-state index contributed by atoms with van der Waals surface area (Å²) in [5.74, 6) is 0.586. The number of fused-ring (bicyclic) bond motifs is 11. The Morgan fingerprint density at radius 1 is 0.471 bits per heavy atom. The van der Waals surface area contributed by atoms with Gasteiger partial charge in [0.05, 0.1) is 67.3 Å². The minimum Gasteiger partial charge on any atom is -0.489 e. The van der Waals surface area contributed by atoms with E-state index in [4.69, 9.17) is 42.6 Å². The zero-order valence-corrected chi connectivity index (χ0v) is 46.6. The van der Waals surface area contributed by atoms with Crippen LogP contribution in [0, 0.1) is 0 Å². The molecule has 1 fully saturated rings. The van der Waals surface area contributed by atoms with Gasteiger partial charge in [-0.2, -0.15) is 0 Å². The highest BCUT2D eigenvalue weighted by molar-refractivity contribution is 6.39. The van der Waals surface area contributed by atoms with Gasteiger partial charge >= 0.3 is 0 Å². The van der Waals surface area contributed by atoms with Crippen molar-refractivity contribution in [1.82, 2.24) is 14.5 Å². The van der Waals surface area contributed by atoms with Crippen LogP contribution in [0.5, 0.6) is 17.2 Å². The minimum atomic E-state index is -1.04. The lowest BCUT2D eigenvalue weighted by Gasteiger charge is -2.47. The van der Waals surface area contributed by atoms with E-state index in [1.165, 1.54) is 4.90 Å². The van der Waals surface area contributed by atoms with Gasteiger partial charge in [-0.25, -0.2) is 4.90 Å². The molecule has 14 heteroatoms. The highest BCUT2D eigenvalue weighted by Gasteiger charge is 2.51. The van der Waals surface area contributed by atoms with Crippen LogP contribution in [0.15, 0.2) is 212 Å². The highest BCUT2D eigenvalue weighted by Crippen LogP contribution is 2.51. The predicted molar refractivity (Wildman–Crippen MR) is 322 cm³/mol. The van der Waals surface area contributed by atoms with Crippen molar-refractivity contribution < 1.29 is 52.2 Å². The monoisotopic (exact) mass is 1130 g/mol. The third-order valence-electron chi connectivity index (χ3n) is 16.0. The lowest BCUT2D eigenvalue weighted by Crippen LogP contribution is -2.59. The van der Waals surface area contributed by atoms with E-state index in [1.54, 1.807) is 0 Å². The van der Waals surface area contributed by atoms with E-state index in [0.717, 1.165) is 33.4 Å². The summed E-state index contributed by atoms with van der Waals surface area (Å²) in [7, 11) is 0. The normalized spacial score (nSPS) is 18.4. The Bertz CT molecular complexity index is 4150. The average Bonchev–Trinajstić information content (AvgIpc) is 1.62. The largest absolute Gasteiger partial charge is 0.489 e. The number of H-pyrrole nitrogens is 1. The van der Waals surface area contributed by atoms with Gasteiger partial charge < -0.3 is 52.2 Å². The Kier molecular flexibility index (Phi) is 15.4. The number of aromatic amines is 1. The van der Waals surface area contributed by atoms with Crippen LogP contribution in [0.2, 0.25) is 0 Å². The molecule has 0 bridgehead atoms. The fourth-order valence-electron chi connectivity index (χ4n) is 12.0. The summed E-state index contributed by atoms with van der Waals surface area (Å²) in [6.45, 7) is 1.87. The van der Waals surface area contributed by atoms with Crippen molar-refractivity contribution in [2.45, 2.75) is 70.3 Å². The Balaban J connectivity index is 1.000. The van der Waals surface area contributed by atoms with Gasteiger partial charge in [-0.05, 0) is 57.6 Å². The molecule has 1 N–H and O–H groups in total. The molecule has 3 aliphatic heterocycles.